The van der Waals surface area contributed by atoms with Crippen molar-refractivity contribution in [2.24, 2.45) is 0 Å². The van der Waals surface area contributed by atoms with Crippen molar-refractivity contribution >= 4 is 8.32 Å². The summed E-state index contributed by atoms with van der Waals surface area (Å²) in [4.78, 5) is 0. The van der Waals surface area contributed by atoms with Gasteiger partial charge in [0.2, 0.25) is 0 Å². The van der Waals surface area contributed by atoms with E-state index in [-0.39, 0.29) is 5.60 Å². The maximum Gasteiger partial charge on any atom is 0.187 e. The zero-order valence-corrected chi connectivity index (χ0v) is 12.3. The van der Waals surface area contributed by atoms with Gasteiger partial charge in [0.15, 0.2) is 8.32 Å². The predicted octanol–water partition coefficient (Wildman–Crippen LogP) is 4.39. The molecule has 1 aromatic carbocycles. The molecule has 0 radical (unpaired) electrons. The first-order chi connectivity index (χ1) is 7.99. The van der Waals surface area contributed by atoms with Crippen LogP contribution in [0.3, 0.4) is 0 Å². The van der Waals surface area contributed by atoms with Gasteiger partial charge in [0.25, 0.3) is 0 Å². The van der Waals surface area contributed by atoms with Crippen LogP contribution < -0.4 is 0 Å². The Morgan fingerprint density at radius 1 is 1.24 bits per heavy atom. The lowest BCUT2D eigenvalue weighted by Gasteiger charge is -2.43. The Labute approximate surface area is 106 Å². The summed E-state index contributed by atoms with van der Waals surface area (Å²) in [6.07, 6.45) is 4.88. The molecule has 1 aliphatic rings. The number of aryl methyl sites for hydroxylation is 1. The second-order valence-corrected chi connectivity index (χ2v) is 10.4. The molecule has 2 rings (SSSR count). The summed E-state index contributed by atoms with van der Waals surface area (Å²) >= 11 is 0. The van der Waals surface area contributed by atoms with Crippen molar-refractivity contribution in [3.05, 3.63) is 35.9 Å². The van der Waals surface area contributed by atoms with Crippen LogP contribution in [0, 0.1) is 0 Å². The molecule has 1 fully saturated rings. The Bertz CT molecular complexity index is 360. The van der Waals surface area contributed by atoms with Gasteiger partial charge in [-0.2, -0.15) is 0 Å². The molecule has 0 amide bonds. The van der Waals surface area contributed by atoms with Crippen molar-refractivity contribution < 1.29 is 4.43 Å². The lowest BCUT2D eigenvalue weighted by Crippen LogP contribution is -2.46. The van der Waals surface area contributed by atoms with E-state index in [1.807, 2.05) is 0 Å². The first-order valence-electron chi connectivity index (χ1n) is 6.73. The molecule has 1 saturated heterocycles. The fraction of sp³-hybridized carbons (Fsp3) is 0.600. The fourth-order valence-electron chi connectivity index (χ4n) is 2.89. The summed E-state index contributed by atoms with van der Waals surface area (Å²) < 4.78 is 6.42. The number of hydrogen-bond acceptors (Lipinski definition) is 1. The van der Waals surface area contributed by atoms with E-state index in [9.17, 15) is 0 Å². The van der Waals surface area contributed by atoms with Crippen LogP contribution in [0.4, 0.5) is 0 Å². The minimum atomic E-state index is -1.36. The van der Waals surface area contributed by atoms with Gasteiger partial charge in [-0.05, 0) is 50.9 Å². The molecule has 1 unspecified atom stereocenters. The Balaban J connectivity index is 1.94. The molecule has 17 heavy (non-hydrogen) atoms. The molecule has 1 nitrogen and oxygen atoms in total. The first kappa shape index (κ1) is 12.8. The van der Waals surface area contributed by atoms with E-state index >= 15 is 0 Å². The van der Waals surface area contributed by atoms with E-state index in [1.54, 1.807) is 0 Å². The van der Waals surface area contributed by atoms with Gasteiger partial charge >= 0.3 is 0 Å². The molecule has 1 aliphatic heterocycles. The molecule has 0 spiro atoms. The summed E-state index contributed by atoms with van der Waals surface area (Å²) in [5.41, 5.74) is 1.56. The highest BCUT2D eigenvalue weighted by Gasteiger charge is 2.38. The van der Waals surface area contributed by atoms with E-state index in [2.05, 4.69) is 50.3 Å². The van der Waals surface area contributed by atoms with Crippen LogP contribution in [0.5, 0.6) is 0 Å². The van der Waals surface area contributed by atoms with Crippen LogP contribution in [-0.4, -0.2) is 13.9 Å². The van der Waals surface area contributed by atoms with Gasteiger partial charge in [-0.15, -0.1) is 0 Å². The molecule has 0 N–H and O–H groups in total. The highest BCUT2D eigenvalue weighted by atomic mass is 28.4. The molecule has 0 saturated carbocycles. The summed E-state index contributed by atoms with van der Waals surface area (Å²) in [5, 5.41) is 0. The Kier molecular flexibility index (Phi) is 3.74. The largest absolute Gasteiger partial charge is 0.412 e. The second-order valence-electron chi connectivity index (χ2n) is 6.15. The lowest BCUT2D eigenvalue weighted by molar-refractivity contribution is 0.0447. The van der Waals surface area contributed by atoms with E-state index in [0.717, 1.165) is 12.8 Å². The topological polar surface area (TPSA) is 9.23 Å². The molecule has 1 heterocycles. The maximum atomic E-state index is 6.42. The summed E-state index contributed by atoms with van der Waals surface area (Å²) in [6, 6.07) is 12.1. The smallest absolute Gasteiger partial charge is 0.187 e. The predicted molar refractivity (Wildman–Crippen MR) is 75.8 cm³/mol. The Morgan fingerprint density at radius 3 is 2.59 bits per heavy atom. The van der Waals surface area contributed by atoms with Gasteiger partial charge in [0.05, 0.1) is 5.60 Å². The average Bonchev–Trinajstić information content (AvgIpc) is 2.26. The SMILES string of the molecule is CC1(CCc2ccccc2)CCC[Si](C)(C)O1. The minimum Gasteiger partial charge on any atom is -0.412 e. The third-order valence-corrected chi connectivity index (χ3v) is 6.40. The number of rotatable bonds is 3. The molecule has 0 aliphatic carbocycles. The van der Waals surface area contributed by atoms with Gasteiger partial charge < -0.3 is 4.43 Å². The van der Waals surface area contributed by atoms with Gasteiger partial charge in [-0.1, -0.05) is 36.8 Å². The van der Waals surface area contributed by atoms with Crippen LogP contribution in [0.2, 0.25) is 19.1 Å². The maximum absolute atomic E-state index is 6.42. The molecule has 94 valence electrons. The normalized spacial score (nSPS) is 27.9. The molecular formula is C15H24OSi. The van der Waals surface area contributed by atoms with E-state index in [1.165, 1.54) is 24.4 Å². The third kappa shape index (κ3) is 3.68. The minimum absolute atomic E-state index is 0.129. The Morgan fingerprint density at radius 2 is 1.94 bits per heavy atom. The molecule has 2 heteroatoms. The molecule has 0 aromatic heterocycles. The van der Waals surface area contributed by atoms with Crippen LogP contribution in [0.15, 0.2) is 30.3 Å². The molecule has 1 atom stereocenters. The zero-order chi connectivity index (χ0) is 12.4. The fourth-order valence-corrected chi connectivity index (χ4v) is 5.56. The van der Waals surface area contributed by atoms with Gasteiger partial charge in [0, 0.05) is 0 Å². The second kappa shape index (κ2) is 4.95. The van der Waals surface area contributed by atoms with Crippen molar-refractivity contribution in [1.82, 2.24) is 0 Å². The summed E-state index contributed by atoms with van der Waals surface area (Å²) in [6.45, 7) is 7.02. The van der Waals surface area contributed by atoms with Gasteiger partial charge in [-0.3, -0.25) is 0 Å². The number of hydrogen-bond donors (Lipinski definition) is 0. The van der Waals surface area contributed by atoms with E-state index in [4.69, 9.17) is 4.43 Å². The van der Waals surface area contributed by atoms with Crippen LogP contribution in [0.1, 0.15) is 31.7 Å². The van der Waals surface area contributed by atoms with Gasteiger partial charge in [0.1, 0.15) is 0 Å². The van der Waals surface area contributed by atoms with Crippen LogP contribution in [0.25, 0.3) is 0 Å². The third-order valence-electron chi connectivity index (χ3n) is 3.79. The number of benzene rings is 1. The highest BCUT2D eigenvalue weighted by molar-refractivity contribution is 6.71. The summed E-state index contributed by atoms with van der Waals surface area (Å²) in [5.74, 6) is 0. The standard InChI is InChI=1S/C15H24OSi/c1-15(11-7-13-17(2,3)16-15)12-10-14-8-5-4-6-9-14/h4-6,8-9H,7,10-13H2,1-3H3. The van der Waals surface area contributed by atoms with Gasteiger partial charge in [-0.25, -0.2) is 0 Å². The van der Waals surface area contributed by atoms with Crippen molar-refractivity contribution in [1.29, 1.82) is 0 Å². The van der Waals surface area contributed by atoms with E-state index < -0.39 is 8.32 Å². The van der Waals surface area contributed by atoms with E-state index in [0.29, 0.717) is 0 Å². The van der Waals surface area contributed by atoms with Crippen molar-refractivity contribution in [3.8, 4) is 0 Å². The molecular weight excluding hydrogens is 224 g/mol. The summed E-state index contributed by atoms with van der Waals surface area (Å²) in [7, 11) is -1.36. The molecule has 1 aromatic rings. The van der Waals surface area contributed by atoms with Crippen LogP contribution in [-0.2, 0) is 10.8 Å². The van der Waals surface area contributed by atoms with Crippen molar-refractivity contribution in [2.75, 3.05) is 0 Å². The average molecular weight is 248 g/mol. The highest BCUT2D eigenvalue weighted by Crippen LogP contribution is 2.36. The van der Waals surface area contributed by atoms with Crippen molar-refractivity contribution in [3.63, 3.8) is 0 Å². The lowest BCUT2D eigenvalue weighted by atomic mass is 9.92. The first-order valence-corrected chi connectivity index (χ1v) is 9.85. The molecule has 0 bridgehead atoms. The monoisotopic (exact) mass is 248 g/mol. The zero-order valence-electron chi connectivity index (χ0n) is 11.3. The van der Waals surface area contributed by atoms with Crippen LogP contribution >= 0.6 is 0 Å². The van der Waals surface area contributed by atoms with Crippen molar-refractivity contribution in [2.45, 2.75) is 57.3 Å². The quantitative estimate of drug-likeness (QED) is 0.721. The Hall–Kier alpha value is -0.603.